The second-order valence-electron chi connectivity index (χ2n) is 3.56. The van der Waals surface area contributed by atoms with Crippen LogP contribution in [0.3, 0.4) is 0 Å². The first kappa shape index (κ1) is 14.5. The molecule has 0 atom stereocenters. The monoisotopic (exact) mass is 263 g/mol. The van der Waals surface area contributed by atoms with Crippen molar-refractivity contribution >= 4 is 0 Å². The zero-order valence-electron chi connectivity index (χ0n) is 9.77. The highest BCUT2D eigenvalue weighted by Gasteiger charge is 2.20. The van der Waals surface area contributed by atoms with Gasteiger partial charge in [0.1, 0.15) is 6.61 Å². The lowest BCUT2D eigenvalue weighted by atomic mass is 10.2. The quantitative estimate of drug-likeness (QED) is 0.503. The van der Waals surface area contributed by atoms with E-state index in [2.05, 4.69) is 0 Å². The molecule has 0 aliphatic rings. The third-order valence-electron chi connectivity index (χ3n) is 2.23. The average molecular weight is 263 g/mol. The van der Waals surface area contributed by atoms with Crippen molar-refractivity contribution in [2.75, 3.05) is 13.2 Å². The number of benzene rings is 1. The van der Waals surface area contributed by atoms with Crippen LogP contribution in [0.5, 0.6) is 5.75 Å². The van der Waals surface area contributed by atoms with Crippen LogP contribution in [0.2, 0.25) is 0 Å². The molecule has 2 nitrogen and oxygen atoms in total. The topological polar surface area (TPSA) is 35.2 Å². The van der Waals surface area contributed by atoms with Crippen molar-refractivity contribution in [3.05, 3.63) is 41.0 Å². The normalized spacial score (nSPS) is 11.8. The molecule has 0 aliphatic heterocycles. The maximum Gasteiger partial charge on any atom is 0.203 e. The first-order valence-corrected chi connectivity index (χ1v) is 5.35. The molecule has 1 aromatic carbocycles. The largest absolute Gasteiger partial charge is 0.483 e. The van der Waals surface area contributed by atoms with Crippen molar-refractivity contribution in [1.29, 1.82) is 0 Å². The SMILES string of the molecule is CC/C=C(\CN)COc1c(F)c(F)cc(F)c1F. The summed E-state index contributed by atoms with van der Waals surface area (Å²) in [5.41, 5.74) is 5.96. The molecule has 0 unspecified atom stereocenters. The molecule has 0 radical (unpaired) electrons. The van der Waals surface area contributed by atoms with Gasteiger partial charge < -0.3 is 10.5 Å². The molecular formula is C12H13F4NO. The molecule has 0 amide bonds. The van der Waals surface area contributed by atoms with Crippen LogP contribution in [-0.2, 0) is 0 Å². The number of ether oxygens (including phenoxy) is 1. The van der Waals surface area contributed by atoms with Gasteiger partial charge in [0.15, 0.2) is 17.4 Å². The van der Waals surface area contributed by atoms with Gasteiger partial charge >= 0.3 is 0 Å². The molecule has 1 aromatic rings. The van der Waals surface area contributed by atoms with E-state index >= 15 is 0 Å². The van der Waals surface area contributed by atoms with Crippen molar-refractivity contribution in [3.8, 4) is 5.75 Å². The number of allylic oxidation sites excluding steroid dienone is 1. The van der Waals surface area contributed by atoms with Gasteiger partial charge in [-0.2, -0.15) is 8.78 Å². The summed E-state index contributed by atoms with van der Waals surface area (Å²) in [5, 5.41) is 0. The molecule has 0 fully saturated rings. The minimum atomic E-state index is -1.55. The third kappa shape index (κ3) is 3.22. The van der Waals surface area contributed by atoms with Crippen molar-refractivity contribution < 1.29 is 22.3 Å². The van der Waals surface area contributed by atoms with E-state index < -0.39 is 29.0 Å². The molecule has 1 rings (SSSR count). The number of hydrogen-bond donors (Lipinski definition) is 1. The van der Waals surface area contributed by atoms with Gasteiger partial charge in [-0.15, -0.1) is 0 Å². The molecule has 0 spiro atoms. The second kappa shape index (κ2) is 6.39. The first-order valence-electron chi connectivity index (χ1n) is 5.35. The maximum absolute atomic E-state index is 13.2. The maximum atomic E-state index is 13.2. The fraction of sp³-hybridized carbons (Fsp3) is 0.333. The summed E-state index contributed by atoms with van der Waals surface area (Å²) in [6.07, 6.45) is 2.38. The summed E-state index contributed by atoms with van der Waals surface area (Å²) in [6, 6.07) is 0.128. The predicted molar refractivity (Wildman–Crippen MR) is 59.2 cm³/mol. The van der Waals surface area contributed by atoms with Gasteiger partial charge in [-0.05, 0) is 12.0 Å². The van der Waals surface area contributed by atoms with Crippen molar-refractivity contribution in [3.63, 3.8) is 0 Å². The fourth-order valence-corrected chi connectivity index (χ4v) is 1.33. The Bertz CT molecular complexity index is 434. The molecule has 0 heterocycles. The average Bonchev–Trinajstić information content (AvgIpc) is 2.35. The minimum absolute atomic E-state index is 0.128. The lowest BCUT2D eigenvalue weighted by molar-refractivity contribution is 0.293. The Labute approximate surface area is 102 Å². The summed E-state index contributed by atoms with van der Waals surface area (Å²) >= 11 is 0. The molecule has 2 N–H and O–H groups in total. The van der Waals surface area contributed by atoms with Gasteiger partial charge in [-0.25, -0.2) is 8.78 Å². The minimum Gasteiger partial charge on any atom is -0.483 e. The summed E-state index contributed by atoms with van der Waals surface area (Å²) in [5.74, 6) is -7.18. The van der Waals surface area contributed by atoms with E-state index in [9.17, 15) is 17.6 Å². The highest BCUT2D eigenvalue weighted by atomic mass is 19.2. The Hall–Kier alpha value is -1.56. The van der Waals surface area contributed by atoms with Crippen molar-refractivity contribution in [2.24, 2.45) is 5.73 Å². The van der Waals surface area contributed by atoms with Gasteiger partial charge in [-0.1, -0.05) is 13.0 Å². The second-order valence-corrected chi connectivity index (χ2v) is 3.56. The molecule has 0 aliphatic carbocycles. The summed E-state index contributed by atoms with van der Waals surface area (Å²) in [4.78, 5) is 0. The standard InChI is InChI=1S/C12H13F4NO/c1-2-3-7(5-17)6-18-12-10(15)8(13)4-9(14)11(12)16/h3-4H,2,5-6,17H2,1H3/b7-3+. The summed E-state index contributed by atoms with van der Waals surface area (Å²) in [7, 11) is 0. The van der Waals surface area contributed by atoms with Crippen molar-refractivity contribution in [1.82, 2.24) is 0 Å². The molecule has 0 saturated heterocycles. The van der Waals surface area contributed by atoms with E-state index in [1.165, 1.54) is 0 Å². The van der Waals surface area contributed by atoms with Crippen LogP contribution in [0.25, 0.3) is 0 Å². The number of nitrogens with two attached hydrogens (primary N) is 1. The molecule has 100 valence electrons. The van der Waals surface area contributed by atoms with E-state index in [0.717, 1.165) is 0 Å². The van der Waals surface area contributed by atoms with E-state index in [0.29, 0.717) is 12.0 Å². The smallest absolute Gasteiger partial charge is 0.203 e. The van der Waals surface area contributed by atoms with Crippen LogP contribution >= 0.6 is 0 Å². The molecular weight excluding hydrogens is 250 g/mol. The number of halogens is 4. The van der Waals surface area contributed by atoms with E-state index in [1.807, 2.05) is 6.92 Å². The van der Waals surface area contributed by atoms with Crippen LogP contribution in [-0.4, -0.2) is 13.2 Å². The van der Waals surface area contributed by atoms with Gasteiger partial charge in [0.05, 0.1) is 0 Å². The molecule has 0 saturated carbocycles. The number of rotatable bonds is 5. The van der Waals surface area contributed by atoms with Crippen LogP contribution in [0.4, 0.5) is 17.6 Å². The van der Waals surface area contributed by atoms with E-state index in [-0.39, 0.29) is 19.2 Å². The Morgan fingerprint density at radius 3 is 2.22 bits per heavy atom. The highest BCUT2D eigenvalue weighted by Crippen LogP contribution is 2.26. The lowest BCUT2D eigenvalue weighted by Crippen LogP contribution is -2.13. The Morgan fingerprint density at radius 2 is 1.78 bits per heavy atom. The molecule has 0 aromatic heterocycles. The number of hydrogen-bond acceptors (Lipinski definition) is 2. The van der Waals surface area contributed by atoms with Crippen LogP contribution in [0.15, 0.2) is 17.7 Å². The van der Waals surface area contributed by atoms with E-state index in [1.54, 1.807) is 6.08 Å². The first-order chi connectivity index (χ1) is 8.51. The van der Waals surface area contributed by atoms with Crippen LogP contribution < -0.4 is 10.5 Å². The molecule has 18 heavy (non-hydrogen) atoms. The van der Waals surface area contributed by atoms with Gasteiger partial charge in [-0.3, -0.25) is 0 Å². The highest BCUT2D eigenvalue weighted by molar-refractivity contribution is 5.29. The predicted octanol–water partition coefficient (Wildman–Crippen LogP) is 2.92. The summed E-state index contributed by atoms with van der Waals surface area (Å²) < 4.78 is 57.0. The van der Waals surface area contributed by atoms with Gasteiger partial charge in [0.2, 0.25) is 11.6 Å². The zero-order chi connectivity index (χ0) is 13.7. The Balaban J connectivity index is 2.94. The third-order valence-corrected chi connectivity index (χ3v) is 2.23. The fourth-order valence-electron chi connectivity index (χ4n) is 1.33. The Morgan fingerprint density at radius 1 is 1.22 bits per heavy atom. The zero-order valence-corrected chi connectivity index (χ0v) is 9.77. The van der Waals surface area contributed by atoms with Gasteiger partial charge in [0, 0.05) is 12.6 Å². The van der Waals surface area contributed by atoms with Crippen molar-refractivity contribution in [2.45, 2.75) is 13.3 Å². The molecule has 0 bridgehead atoms. The summed E-state index contributed by atoms with van der Waals surface area (Å²) in [6.45, 7) is 1.76. The van der Waals surface area contributed by atoms with Crippen LogP contribution in [0, 0.1) is 23.3 Å². The van der Waals surface area contributed by atoms with E-state index in [4.69, 9.17) is 10.5 Å². The van der Waals surface area contributed by atoms with Crippen LogP contribution in [0.1, 0.15) is 13.3 Å². The molecule has 6 heteroatoms. The lowest BCUT2D eigenvalue weighted by Gasteiger charge is -2.10. The Kier molecular flexibility index (Phi) is 5.15. The van der Waals surface area contributed by atoms with Gasteiger partial charge in [0.25, 0.3) is 0 Å².